The topological polar surface area (TPSA) is 68.3 Å². The number of anilines is 1. The van der Waals surface area contributed by atoms with Gasteiger partial charge in [0.05, 0.1) is 11.3 Å². The van der Waals surface area contributed by atoms with Crippen molar-refractivity contribution in [2.45, 2.75) is 12.5 Å². The highest BCUT2D eigenvalue weighted by Crippen LogP contribution is 2.31. The van der Waals surface area contributed by atoms with Gasteiger partial charge in [-0.05, 0) is 65.2 Å². The van der Waals surface area contributed by atoms with Crippen LogP contribution in [0.3, 0.4) is 0 Å². The Kier molecular flexibility index (Phi) is 5.99. The standard InChI is InChI=1S/C29H22N2O3/c32-28(31-25-11-6-7-20(17-25)12-14-24-10-4-5-16-30-24)22-13-15-26-23(18-22)19-27(34-29(26)33)21-8-2-1-3-9-21/h1-18,27H,19H2,(H,31,32)/b14-12+. The Bertz CT molecular complexity index is 1360. The van der Waals surface area contributed by atoms with Crippen molar-refractivity contribution in [3.05, 3.63) is 131 Å². The van der Waals surface area contributed by atoms with Gasteiger partial charge in [-0.2, -0.15) is 0 Å². The molecule has 3 aromatic carbocycles. The number of ether oxygens (including phenoxy) is 1. The molecule has 0 radical (unpaired) electrons. The van der Waals surface area contributed by atoms with E-state index in [1.54, 1.807) is 24.4 Å². The lowest BCUT2D eigenvalue weighted by atomic mass is 9.93. The van der Waals surface area contributed by atoms with Crippen molar-refractivity contribution < 1.29 is 14.3 Å². The summed E-state index contributed by atoms with van der Waals surface area (Å²) in [4.78, 5) is 29.8. The lowest BCUT2D eigenvalue weighted by molar-refractivity contribution is 0.0252. The molecule has 0 fully saturated rings. The predicted molar refractivity (Wildman–Crippen MR) is 132 cm³/mol. The minimum absolute atomic E-state index is 0.233. The summed E-state index contributed by atoms with van der Waals surface area (Å²) >= 11 is 0. The molecule has 5 rings (SSSR count). The third-order valence-corrected chi connectivity index (χ3v) is 5.69. The summed E-state index contributed by atoms with van der Waals surface area (Å²) in [5, 5.41) is 2.95. The number of cyclic esters (lactones) is 1. The zero-order chi connectivity index (χ0) is 23.3. The summed E-state index contributed by atoms with van der Waals surface area (Å²) in [6.07, 6.45) is 5.79. The molecule has 1 aliphatic heterocycles. The van der Waals surface area contributed by atoms with E-state index < -0.39 is 0 Å². The molecule has 0 aliphatic carbocycles. The minimum Gasteiger partial charge on any atom is -0.454 e. The number of aromatic nitrogens is 1. The molecule has 1 aromatic heterocycles. The van der Waals surface area contributed by atoms with Gasteiger partial charge in [0.2, 0.25) is 0 Å². The highest BCUT2D eigenvalue weighted by molar-refractivity contribution is 6.05. The number of carbonyl (C=O) groups excluding carboxylic acids is 2. The molecule has 166 valence electrons. The van der Waals surface area contributed by atoms with Gasteiger partial charge in [-0.3, -0.25) is 9.78 Å². The number of nitrogens with zero attached hydrogens (tertiary/aromatic N) is 1. The number of nitrogens with one attached hydrogen (secondary N) is 1. The van der Waals surface area contributed by atoms with E-state index in [1.165, 1.54) is 0 Å². The van der Waals surface area contributed by atoms with Crippen LogP contribution in [-0.4, -0.2) is 16.9 Å². The monoisotopic (exact) mass is 446 g/mol. The molecule has 0 spiro atoms. The molecular weight excluding hydrogens is 424 g/mol. The number of rotatable bonds is 5. The summed E-state index contributed by atoms with van der Waals surface area (Å²) in [7, 11) is 0. The summed E-state index contributed by atoms with van der Waals surface area (Å²) in [6, 6.07) is 28.1. The Morgan fingerprint density at radius 3 is 2.59 bits per heavy atom. The van der Waals surface area contributed by atoms with E-state index in [-0.39, 0.29) is 18.0 Å². The van der Waals surface area contributed by atoms with Crippen LogP contribution in [-0.2, 0) is 11.2 Å². The number of hydrogen-bond acceptors (Lipinski definition) is 4. The maximum absolute atomic E-state index is 13.0. The Labute approximate surface area is 197 Å². The van der Waals surface area contributed by atoms with Crippen molar-refractivity contribution in [2.24, 2.45) is 0 Å². The van der Waals surface area contributed by atoms with Crippen LogP contribution in [0.1, 0.15) is 49.2 Å². The zero-order valence-corrected chi connectivity index (χ0v) is 18.3. The maximum Gasteiger partial charge on any atom is 0.339 e. The van der Waals surface area contributed by atoms with Crippen molar-refractivity contribution in [2.75, 3.05) is 5.32 Å². The first-order valence-corrected chi connectivity index (χ1v) is 11.0. The summed E-state index contributed by atoms with van der Waals surface area (Å²) < 4.78 is 5.61. The first-order chi connectivity index (χ1) is 16.7. The van der Waals surface area contributed by atoms with Gasteiger partial charge in [0.25, 0.3) is 5.91 Å². The van der Waals surface area contributed by atoms with Crippen molar-refractivity contribution >= 4 is 29.7 Å². The molecule has 1 atom stereocenters. The van der Waals surface area contributed by atoms with E-state index in [0.717, 1.165) is 22.4 Å². The average Bonchev–Trinajstić information content (AvgIpc) is 2.88. The van der Waals surface area contributed by atoms with E-state index in [2.05, 4.69) is 10.3 Å². The largest absolute Gasteiger partial charge is 0.454 e. The third-order valence-electron chi connectivity index (χ3n) is 5.69. The quantitative estimate of drug-likeness (QED) is 0.384. The van der Waals surface area contributed by atoms with Gasteiger partial charge in [-0.15, -0.1) is 0 Å². The minimum atomic E-state index is -0.366. The number of pyridine rings is 1. The smallest absolute Gasteiger partial charge is 0.339 e. The molecule has 1 unspecified atom stereocenters. The number of amides is 1. The van der Waals surface area contributed by atoms with Crippen molar-refractivity contribution in [1.82, 2.24) is 4.98 Å². The summed E-state index contributed by atoms with van der Waals surface area (Å²) in [5.41, 5.74) is 5.24. The SMILES string of the molecule is O=C(Nc1cccc(/C=C/c2ccccn2)c1)c1ccc2c(c1)CC(c1ccccc1)OC2=O. The molecular formula is C29H22N2O3. The van der Waals surface area contributed by atoms with Crippen LogP contribution in [0.25, 0.3) is 12.2 Å². The lowest BCUT2D eigenvalue weighted by Gasteiger charge is -2.25. The Hall–Kier alpha value is -4.51. The second-order valence-electron chi connectivity index (χ2n) is 8.05. The fourth-order valence-corrected chi connectivity index (χ4v) is 3.97. The van der Waals surface area contributed by atoms with Crippen LogP contribution in [0, 0.1) is 0 Å². The Morgan fingerprint density at radius 1 is 0.912 bits per heavy atom. The second kappa shape index (κ2) is 9.55. The number of benzene rings is 3. The molecule has 1 aliphatic rings. The number of fused-ring (bicyclic) bond motifs is 1. The zero-order valence-electron chi connectivity index (χ0n) is 18.3. The van der Waals surface area contributed by atoms with E-state index in [0.29, 0.717) is 23.2 Å². The van der Waals surface area contributed by atoms with Gasteiger partial charge in [0.15, 0.2) is 0 Å². The summed E-state index contributed by atoms with van der Waals surface area (Å²) in [6.45, 7) is 0. The molecule has 0 saturated carbocycles. The summed E-state index contributed by atoms with van der Waals surface area (Å²) in [5.74, 6) is -0.599. The van der Waals surface area contributed by atoms with Crippen molar-refractivity contribution in [1.29, 1.82) is 0 Å². The molecule has 1 N–H and O–H groups in total. The van der Waals surface area contributed by atoms with Crippen LogP contribution in [0.2, 0.25) is 0 Å². The fourth-order valence-electron chi connectivity index (χ4n) is 3.97. The van der Waals surface area contributed by atoms with Crippen molar-refractivity contribution in [3.63, 3.8) is 0 Å². The molecule has 34 heavy (non-hydrogen) atoms. The molecule has 0 bridgehead atoms. The average molecular weight is 447 g/mol. The van der Waals surface area contributed by atoms with Gasteiger partial charge in [0.1, 0.15) is 6.10 Å². The first kappa shape index (κ1) is 21.3. The molecule has 1 amide bonds. The maximum atomic E-state index is 13.0. The third kappa shape index (κ3) is 4.79. The van der Waals surface area contributed by atoms with Gasteiger partial charge >= 0.3 is 5.97 Å². The van der Waals surface area contributed by atoms with E-state index in [4.69, 9.17) is 4.74 Å². The highest BCUT2D eigenvalue weighted by atomic mass is 16.5. The highest BCUT2D eigenvalue weighted by Gasteiger charge is 2.28. The van der Waals surface area contributed by atoms with Gasteiger partial charge in [0, 0.05) is 23.9 Å². The number of hydrogen-bond donors (Lipinski definition) is 1. The van der Waals surface area contributed by atoms with Gasteiger partial charge in [-0.1, -0.05) is 54.6 Å². The molecule has 5 heteroatoms. The van der Waals surface area contributed by atoms with Crippen LogP contribution in [0.15, 0.2) is 97.2 Å². The number of carbonyl (C=O) groups is 2. The van der Waals surface area contributed by atoms with Gasteiger partial charge < -0.3 is 10.1 Å². The van der Waals surface area contributed by atoms with Crippen LogP contribution in [0.5, 0.6) is 0 Å². The van der Waals surface area contributed by atoms with Crippen LogP contribution < -0.4 is 5.32 Å². The fraction of sp³-hybridized carbons (Fsp3) is 0.0690. The van der Waals surface area contributed by atoms with E-state index in [9.17, 15) is 9.59 Å². The molecule has 4 aromatic rings. The molecule has 2 heterocycles. The van der Waals surface area contributed by atoms with E-state index in [1.807, 2.05) is 84.9 Å². The molecule has 0 saturated heterocycles. The Morgan fingerprint density at radius 2 is 1.76 bits per heavy atom. The van der Waals surface area contributed by atoms with Crippen LogP contribution >= 0.6 is 0 Å². The van der Waals surface area contributed by atoms with E-state index >= 15 is 0 Å². The van der Waals surface area contributed by atoms with Crippen molar-refractivity contribution in [3.8, 4) is 0 Å². The Balaban J connectivity index is 1.32. The first-order valence-electron chi connectivity index (χ1n) is 11.0. The number of esters is 1. The molecule has 5 nitrogen and oxygen atoms in total. The second-order valence-corrected chi connectivity index (χ2v) is 8.05. The lowest BCUT2D eigenvalue weighted by Crippen LogP contribution is -2.23. The van der Waals surface area contributed by atoms with Gasteiger partial charge in [-0.25, -0.2) is 4.79 Å². The predicted octanol–water partition coefficient (Wildman–Crippen LogP) is 5.96. The normalized spacial score (nSPS) is 14.9. The van der Waals surface area contributed by atoms with Crippen LogP contribution in [0.4, 0.5) is 5.69 Å².